The molecule has 21 heavy (non-hydrogen) atoms. The van der Waals surface area contributed by atoms with Crippen LogP contribution in [0.5, 0.6) is 0 Å². The number of pyridine rings is 1. The van der Waals surface area contributed by atoms with Crippen LogP contribution in [-0.2, 0) is 4.74 Å². The minimum atomic E-state index is 0.168. The number of para-hydroxylation sites is 1. The van der Waals surface area contributed by atoms with E-state index in [1.807, 2.05) is 12.3 Å². The second-order valence-electron chi connectivity index (χ2n) is 5.82. The molecule has 0 bridgehead atoms. The fourth-order valence-electron chi connectivity index (χ4n) is 3.22. The van der Waals surface area contributed by atoms with Crippen LogP contribution in [0.2, 0.25) is 0 Å². The molecule has 112 valence electrons. The topological polar surface area (TPSA) is 34.1 Å². The van der Waals surface area contributed by atoms with E-state index in [0.717, 1.165) is 31.6 Å². The smallest absolute Gasteiger partial charge is 0.0886 e. The Hall–Kier alpha value is -1.45. The Bertz CT molecular complexity index is 579. The van der Waals surface area contributed by atoms with E-state index in [1.165, 1.54) is 23.8 Å². The third-order valence-electron chi connectivity index (χ3n) is 4.25. The Kier molecular flexibility index (Phi) is 4.84. The average Bonchev–Trinajstić information content (AvgIpc) is 2.55. The number of nitrogens with zero attached hydrogens (tertiary/aromatic N) is 1. The third-order valence-corrected chi connectivity index (χ3v) is 4.25. The van der Waals surface area contributed by atoms with Gasteiger partial charge in [0.05, 0.1) is 11.6 Å². The SMILES string of the molecule is CCCNCC1CCCOC1c1cccc2cccnc12. The quantitative estimate of drug-likeness (QED) is 0.850. The van der Waals surface area contributed by atoms with Crippen LogP contribution in [0, 0.1) is 5.92 Å². The summed E-state index contributed by atoms with van der Waals surface area (Å²) in [7, 11) is 0. The molecule has 3 nitrogen and oxygen atoms in total. The van der Waals surface area contributed by atoms with Gasteiger partial charge in [-0.05, 0) is 31.9 Å². The maximum atomic E-state index is 6.14. The van der Waals surface area contributed by atoms with Crippen LogP contribution in [0.25, 0.3) is 10.9 Å². The highest BCUT2D eigenvalue weighted by molar-refractivity contribution is 5.81. The van der Waals surface area contributed by atoms with E-state index in [9.17, 15) is 0 Å². The van der Waals surface area contributed by atoms with Crippen molar-refractivity contribution in [3.8, 4) is 0 Å². The molecule has 1 aromatic carbocycles. The molecule has 2 heterocycles. The van der Waals surface area contributed by atoms with Crippen LogP contribution in [0.1, 0.15) is 37.9 Å². The van der Waals surface area contributed by atoms with Crippen LogP contribution >= 0.6 is 0 Å². The maximum Gasteiger partial charge on any atom is 0.0886 e. The first-order chi connectivity index (χ1) is 10.4. The van der Waals surface area contributed by atoms with Crippen molar-refractivity contribution < 1.29 is 4.74 Å². The molecule has 1 aliphatic rings. The average molecular weight is 284 g/mol. The maximum absolute atomic E-state index is 6.14. The van der Waals surface area contributed by atoms with E-state index in [1.54, 1.807) is 0 Å². The molecule has 2 atom stereocenters. The minimum absolute atomic E-state index is 0.168. The van der Waals surface area contributed by atoms with E-state index >= 15 is 0 Å². The van der Waals surface area contributed by atoms with Crippen molar-refractivity contribution in [1.29, 1.82) is 0 Å². The molecule has 1 aliphatic heterocycles. The Morgan fingerprint density at radius 2 is 2.19 bits per heavy atom. The van der Waals surface area contributed by atoms with Gasteiger partial charge >= 0.3 is 0 Å². The lowest BCUT2D eigenvalue weighted by Crippen LogP contribution is -2.32. The molecule has 0 amide bonds. The van der Waals surface area contributed by atoms with Crippen molar-refractivity contribution in [3.63, 3.8) is 0 Å². The van der Waals surface area contributed by atoms with Gasteiger partial charge in [-0.3, -0.25) is 4.98 Å². The molecule has 0 spiro atoms. The lowest BCUT2D eigenvalue weighted by Gasteiger charge is -2.32. The summed E-state index contributed by atoms with van der Waals surface area (Å²) in [5, 5.41) is 4.75. The molecular weight excluding hydrogens is 260 g/mol. The highest BCUT2D eigenvalue weighted by atomic mass is 16.5. The predicted octanol–water partition coefficient (Wildman–Crippen LogP) is 3.70. The molecule has 1 saturated heterocycles. The highest BCUT2D eigenvalue weighted by Crippen LogP contribution is 2.36. The van der Waals surface area contributed by atoms with Crippen molar-refractivity contribution in [1.82, 2.24) is 10.3 Å². The summed E-state index contributed by atoms with van der Waals surface area (Å²) in [5.41, 5.74) is 2.34. The van der Waals surface area contributed by atoms with Crippen LogP contribution in [0.4, 0.5) is 0 Å². The van der Waals surface area contributed by atoms with Gasteiger partial charge in [0.15, 0.2) is 0 Å². The van der Waals surface area contributed by atoms with Gasteiger partial charge in [-0.15, -0.1) is 0 Å². The third kappa shape index (κ3) is 3.25. The number of benzene rings is 1. The Morgan fingerprint density at radius 3 is 3.10 bits per heavy atom. The second-order valence-corrected chi connectivity index (χ2v) is 5.82. The number of fused-ring (bicyclic) bond motifs is 1. The van der Waals surface area contributed by atoms with E-state index in [0.29, 0.717) is 5.92 Å². The van der Waals surface area contributed by atoms with Gasteiger partial charge in [0.2, 0.25) is 0 Å². The number of aromatic nitrogens is 1. The first kappa shape index (κ1) is 14.5. The fraction of sp³-hybridized carbons (Fsp3) is 0.500. The van der Waals surface area contributed by atoms with Crippen LogP contribution in [-0.4, -0.2) is 24.7 Å². The van der Waals surface area contributed by atoms with Gasteiger partial charge in [-0.2, -0.15) is 0 Å². The van der Waals surface area contributed by atoms with Gasteiger partial charge in [-0.1, -0.05) is 31.2 Å². The molecule has 1 N–H and O–H groups in total. The molecule has 1 fully saturated rings. The first-order valence-corrected chi connectivity index (χ1v) is 8.06. The van der Waals surface area contributed by atoms with Crippen molar-refractivity contribution in [2.45, 2.75) is 32.3 Å². The number of nitrogens with one attached hydrogen (secondary N) is 1. The summed E-state index contributed by atoms with van der Waals surface area (Å²) in [6.07, 6.45) is 5.60. The standard InChI is InChI=1S/C18H24N2O/c1-2-10-19-13-15-8-5-12-21-18(15)16-9-3-6-14-7-4-11-20-17(14)16/h3-4,6-7,9,11,15,18-19H,2,5,8,10,12-13H2,1H3. The predicted molar refractivity (Wildman–Crippen MR) is 86.3 cm³/mol. The molecule has 3 heteroatoms. The molecular formula is C18H24N2O. The summed E-state index contributed by atoms with van der Waals surface area (Å²) < 4.78 is 6.14. The second kappa shape index (κ2) is 7.01. The number of ether oxygens (including phenoxy) is 1. The first-order valence-electron chi connectivity index (χ1n) is 8.06. The van der Waals surface area contributed by atoms with E-state index in [2.05, 4.69) is 41.5 Å². The van der Waals surface area contributed by atoms with Gasteiger partial charge in [0, 0.05) is 36.2 Å². The largest absolute Gasteiger partial charge is 0.373 e. The van der Waals surface area contributed by atoms with E-state index in [-0.39, 0.29) is 6.10 Å². The molecule has 3 rings (SSSR count). The molecule has 2 unspecified atom stereocenters. The van der Waals surface area contributed by atoms with Gasteiger partial charge in [-0.25, -0.2) is 0 Å². The van der Waals surface area contributed by atoms with Crippen molar-refractivity contribution in [3.05, 3.63) is 42.1 Å². The number of hydrogen-bond acceptors (Lipinski definition) is 3. The zero-order valence-electron chi connectivity index (χ0n) is 12.7. The lowest BCUT2D eigenvalue weighted by atomic mass is 9.88. The highest BCUT2D eigenvalue weighted by Gasteiger charge is 2.28. The van der Waals surface area contributed by atoms with Crippen molar-refractivity contribution in [2.75, 3.05) is 19.7 Å². The van der Waals surface area contributed by atoms with E-state index in [4.69, 9.17) is 4.74 Å². The zero-order valence-corrected chi connectivity index (χ0v) is 12.7. The molecule has 0 radical (unpaired) electrons. The molecule has 1 aromatic heterocycles. The molecule has 2 aromatic rings. The monoisotopic (exact) mass is 284 g/mol. The van der Waals surface area contributed by atoms with Crippen LogP contribution in [0.15, 0.2) is 36.5 Å². The lowest BCUT2D eigenvalue weighted by molar-refractivity contribution is -0.0269. The Morgan fingerprint density at radius 1 is 1.29 bits per heavy atom. The summed E-state index contributed by atoms with van der Waals surface area (Å²) in [6.45, 7) is 5.17. The summed E-state index contributed by atoms with van der Waals surface area (Å²) in [6, 6.07) is 10.5. The summed E-state index contributed by atoms with van der Waals surface area (Å²) in [5.74, 6) is 0.540. The zero-order chi connectivity index (χ0) is 14.5. The van der Waals surface area contributed by atoms with Crippen LogP contribution < -0.4 is 5.32 Å². The van der Waals surface area contributed by atoms with Gasteiger partial charge < -0.3 is 10.1 Å². The van der Waals surface area contributed by atoms with Gasteiger partial charge in [0.1, 0.15) is 0 Å². The summed E-state index contributed by atoms with van der Waals surface area (Å²) in [4.78, 5) is 4.59. The Balaban J connectivity index is 1.87. The number of hydrogen-bond donors (Lipinski definition) is 1. The van der Waals surface area contributed by atoms with E-state index < -0.39 is 0 Å². The molecule has 0 aliphatic carbocycles. The Labute approximate surface area is 126 Å². The normalized spacial score (nSPS) is 22.5. The van der Waals surface area contributed by atoms with Crippen LogP contribution in [0.3, 0.4) is 0 Å². The number of rotatable bonds is 5. The fourth-order valence-corrected chi connectivity index (χ4v) is 3.22. The summed E-state index contributed by atoms with van der Waals surface area (Å²) >= 11 is 0. The van der Waals surface area contributed by atoms with Gasteiger partial charge in [0.25, 0.3) is 0 Å². The van der Waals surface area contributed by atoms with Crippen molar-refractivity contribution in [2.24, 2.45) is 5.92 Å². The molecule has 0 saturated carbocycles. The minimum Gasteiger partial charge on any atom is -0.373 e. The van der Waals surface area contributed by atoms with Crippen molar-refractivity contribution >= 4 is 10.9 Å².